The van der Waals surface area contributed by atoms with Crippen LogP contribution in [0.25, 0.3) is 59.8 Å². The number of thioether (sulfide) groups is 1. The molecule has 0 spiro atoms. The summed E-state index contributed by atoms with van der Waals surface area (Å²) in [5.74, 6) is 0.386. The van der Waals surface area contributed by atoms with Crippen LogP contribution in [0, 0.1) is 5.92 Å². The van der Waals surface area contributed by atoms with Gasteiger partial charge in [-0.2, -0.15) is 12.6 Å². The van der Waals surface area contributed by atoms with Gasteiger partial charge >= 0.3 is 0 Å². The molecule has 0 amide bonds. The Bertz CT molecular complexity index is 2280. The average Bonchev–Trinajstić information content (AvgIpc) is 3.32. The predicted octanol–water partition coefficient (Wildman–Crippen LogP) is 11.4. The van der Waals surface area contributed by atoms with Crippen LogP contribution in [-0.4, -0.2) is 6.26 Å². The minimum atomic E-state index is -0.371. The van der Waals surface area contributed by atoms with Gasteiger partial charge < -0.3 is 0 Å². The van der Waals surface area contributed by atoms with E-state index in [4.69, 9.17) is 12.6 Å². The molecule has 2 heteroatoms. The summed E-state index contributed by atoms with van der Waals surface area (Å²) in [7, 11) is 0. The Morgan fingerprint density at radius 1 is 0.698 bits per heavy atom. The molecule has 206 valence electrons. The highest BCUT2D eigenvalue weighted by molar-refractivity contribution is 8.10. The molecular formula is C41H30S2. The van der Waals surface area contributed by atoms with Crippen LogP contribution >= 0.6 is 24.4 Å². The van der Waals surface area contributed by atoms with E-state index in [1.807, 2.05) is 11.8 Å². The van der Waals surface area contributed by atoms with Crippen LogP contribution in [0.2, 0.25) is 0 Å². The third-order valence-electron chi connectivity index (χ3n) is 9.92. The largest absolute Gasteiger partial charge is 0.152 e. The molecule has 0 aliphatic heterocycles. The summed E-state index contributed by atoms with van der Waals surface area (Å²) in [6.07, 6.45) is 9.02. The van der Waals surface area contributed by atoms with Crippen molar-refractivity contribution in [3.05, 3.63) is 150 Å². The van der Waals surface area contributed by atoms with Crippen LogP contribution in [0.15, 0.2) is 133 Å². The molecule has 2 atom stereocenters. The van der Waals surface area contributed by atoms with E-state index in [-0.39, 0.29) is 4.08 Å². The van der Waals surface area contributed by atoms with Gasteiger partial charge in [0.15, 0.2) is 0 Å². The lowest BCUT2D eigenvalue weighted by Crippen LogP contribution is -2.23. The maximum atomic E-state index is 5.56. The summed E-state index contributed by atoms with van der Waals surface area (Å²) in [6.45, 7) is 0. The van der Waals surface area contributed by atoms with E-state index in [1.54, 1.807) is 0 Å². The molecule has 0 saturated heterocycles. The van der Waals surface area contributed by atoms with Crippen molar-refractivity contribution in [2.45, 2.75) is 16.9 Å². The Morgan fingerprint density at radius 3 is 2.28 bits per heavy atom. The highest BCUT2D eigenvalue weighted by Crippen LogP contribution is 2.60. The monoisotopic (exact) mass is 586 g/mol. The molecule has 0 heterocycles. The van der Waals surface area contributed by atoms with Gasteiger partial charge in [0, 0.05) is 0 Å². The van der Waals surface area contributed by atoms with Crippen LogP contribution in [0.5, 0.6) is 0 Å². The number of hydrogen-bond acceptors (Lipinski definition) is 2. The van der Waals surface area contributed by atoms with E-state index in [9.17, 15) is 0 Å². The van der Waals surface area contributed by atoms with Gasteiger partial charge in [-0.25, -0.2) is 0 Å². The van der Waals surface area contributed by atoms with Gasteiger partial charge in [0.25, 0.3) is 0 Å². The smallest absolute Gasteiger partial charge is 0.106 e. The highest BCUT2D eigenvalue weighted by atomic mass is 32.2. The fraction of sp³-hybridized carbons (Fsp3) is 0.122. The Labute approximate surface area is 261 Å². The quantitative estimate of drug-likeness (QED) is 0.122. The second kappa shape index (κ2) is 9.51. The van der Waals surface area contributed by atoms with Crippen LogP contribution in [0.4, 0.5) is 0 Å². The lowest BCUT2D eigenvalue weighted by molar-refractivity contribution is 0.598. The summed E-state index contributed by atoms with van der Waals surface area (Å²) in [5, 5.41) is 10.7. The van der Waals surface area contributed by atoms with E-state index >= 15 is 0 Å². The van der Waals surface area contributed by atoms with Crippen LogP contribution in [0.3, 0.4) is 0 Å². The topological polar surface area (TPSA) is 0 Å². The van der Waals surface area contributed by atoms with E-state index in [1.165, 1.54) is 82.1 Å². The molecule has 0 aromatic heterocycles. The van der Waals surface area contributed by atoms with E-state index in [2.05, 4.69) is 134 Å². The lowest BCUT2D eigenvalue weighted by Gasteiger charge is -2.33. The van der Waals surface area contributed by atoms with Crippen molar-refractivity contribution < 1.29 is 0 Å². The number of rotatable bonds is 4. The lowest BCUT2D eigenvalue weighted by atomic mass is 9.81. The van der Waals surface area contributed by atoms with Crippen molar-refractivity contribution in [1.82, 2.24) is 0 Å². The van der Waals surface area contributed by atoms with E-state index < -0.39 is 0 Å². The van der Waals surface area contributed by atoms with Crippen molar-refractivity contribution >= 4 is 73.1 Å². The number of hydrogen-bond donors (Lipinski definition) is 1. The zero-order valence-corrected chi connectivity index (χ0v) is 25.7. The third kappa shape index (κ3) is 3.66. The minimum Gasteiger partial charge on any atom is -0.152 e. The zero-order chi connectivity index (χ0) is 28.7. The summed E-state index contributed by atoms with van der Waals surface area (Å²) < 4.78 is -0.371. The molecule has 7 aromatic rings. The van der Waals surface area contributed by atoms with Gasteiger partial charge in [0.1, 0.15) is 4.08 Å². The Morgan fingerprint density at radius 2 is 1.42 bits per heavy atom. The van der Waals surface area contributed by atoms with Crippen LogP contribution in [-0.2, 0) is 10.5 Å². The van der Waals surface area contributed by atoms with Gasteiger partial charge in [-0.15, -0.1) is 11.8 Å². The fourth-order valence-electron chi connectivity index (χ4n) is 7.97. The first-order valence-corrected chi connectivity index (χ1v) is 16.8. The van der Waals surface area contributed by atoms with Crippen LogP contribution in [0.1, 0.15) is 23.1 Å². The van der Waals surface area contributed by atoms with Gasteiger partial charge in [0.2, 0.25) is 0 Å². The average molecular weight is 587 g/mol. The van der Waals surface area contributed by atoms with Crippen molar-refractivity contribution in [2.24, 2.45) is 5.92 Å². The molecule has 0 bridgehead atoms. The second-order valence-corrected chi connectivity index (χ2v) is 14.1. The van der Waals surface area contributed by atoms with Gasteiger partial charge in [-0.3, -0.25) is 0 Å². The first-order chi connectivity index (χ1) is 21.1. The van der Waals surface area contributed by atoms with E-state index in [0.717, 1.165) is 12.8 Å². The van der Waals surface area contributed by atoms with Crippen LogP contribution < -0.4 is 0 Å². The van der Waals surface area contributed by atoms with Gasteiger partial charge in [0.05, 0.1) is 0 Å². The number of fused-ring (bicyclic) bond motifs is 3. The number of allylic oxidation sites excluding steroid dienone is 3. The van der Waals surface area contributed by atoms with Crippen molar-refractivity contribution in [1.29, 1.82) is 0 Å². The molecule has 0 radical (unpaired) electrons. The Hall–Kier alpha value is -3.98. The molecule has 43 heavy (non-hydrogen) atoms. The fourth-order valence-corrected chi connectivity index (χ4v) is 9.34. The molecule has 0 N–H and O–H groups in total. The first kappa shape index (κ1) is 25.5. The van der Waals surface area contributed by atoms with Gasteiger partial charge in [-0.05, 0) is 113 Å². The molecule has 9 rings (SSSR count). The molecule has 2 unspecified atom stereocenters. The van der Waals surface area contributed by atoms with Crippen molar-refractivity contribution in [2.75, 3.05) is 6.26 Å². The molecule has 2 aliphatic carbocycles. The van der Waals surface area contributed by atoms with Crippen molar-refractivity contribution in [3.63, 3.8) is 0 Å². The first-order valence-electron chi connectivity index (χ1n) is 15.1. The molecule has 2 aliphatic rings. The number of thiol groups is 1. The molecule has 0 saturated carbocycles. The van der Waals surface area contributed by atoms with E-state index in [0.29, 0.717) is 5.92 Å². The zero-order valence-electron chi connectivity index (χ0n) is 24.0. The minimum absolute atomic E-state index is 0.371. The second-order valence-electron chi connectivity index (χ2n) is 12.1. The maximum absolute atomic E-state index is 5.56. The Kier molecular flexibility index (Phi) is 5.64. The maximum Gasteiger partial charge on any atom is 0.106 e. The number of benzene rings is 7. The molecular weight excluding hydrogens is 557 g/mol. The van der Waals surface area contributed by atoms with Crippen molar-refractivity contribution in [3.8, 4) is 11.1 Å². The molecule has 0 nitrogen and oxygen atoms in total. The standard InChI is InChI=1S/C41H30S2/c1-43-41(42)37-24-30(33-13-5-8-25-7-2-3-12-32(25)33)20-22-35(37)36-14-6-11-31(40(36)41)23-29-18-17-28-16-15-26-9-4-10-27-19-21-34(29)39(28)38(26)27/h2-10,12-22,24,31,42H,11,23H2,1H3. The predicted molar refractivity (Wildman–Crippen MR) is 192 cm³/mol. The SMILES string of the molecule is CSC1(S)C2=C(C=CCC2Cc2ccc3ccc4cccc5ccc2c3c45)c2ccc(-c3cccc4ccccc34)cc21. The normalized spacial score (nSPS) is 19.6. The Balaban J connectivity index is 1.16. The third-order valence-corrected chi connectivity index (χ3v) is 12.0. The molecule has 7 aromatic carbocycles. The van der Waals surface area contributed by atoms with Gasteiger partial charge in [-0.1, -0.05) is 121 Å². The summed E-state index contributed by atoms with van der Waals surface area (Å²) in [4.78, 5) is 0. The summed E-state index contributed by atoms with van der Waals surface area (Å²) >= 11 is 7.43. The summed E-state index contributed by atoms with van der Waals surface area (Å²) in [6, 6.07) is 43.0. The highest BCUT2D eigenvalue weighted by Gasteiger charge is 2.45. The molecule has 0 fully saturated rings. The summed E-state index contributed by atoms with van der Waals surface area (Å²) in [5.41, 5.74) is 9.48.